The summed E-state index contributed by atoms with van der Waals surface area (Å²) in [4.78, 5) is 53.3. The standard InChI is InChI=1S/C29H28FN3O9/c1-10-13-8-9-14(32-29(41)42-12-6-4-11(30)5-7-12)22(34)16(13)24(36)18-15(10)23(35)17-19(25(18)37)26(38)20(28(31)40)27(39)21(17)33(2)3/h4-10,15,17,19,21,23,34-36,39H,1-3H3,(H2,31,40)(H,32,41). The molecule has 3 aliphatic rings. The number of carbonyl (C=O) groups is 4. The van der Waals surface area contributed by atoms with E-state index in [2.05, 4.69) is 5.32 Å². The number of anilines is 1. The molecule has 0 aliphatic heterocycles. The van der Waals surface area contributed by atoms with Crippen molar-refractivity contribution < 1.29 is 48.7 Å². The van der Waals surface area contributed by atoms with E-state index in [0.717, 1.165) is 12.1 Å². The molecule has 13 heteroatoms. The number of hydrogen-bond acceptors (Lipinski definition) is 10. The largest absolute Gasteiger partial charge is 0.510 e. The predicted octanol–water partition coefficient (Wildman–Crippen LogP) is 2.13. The maximum atomic E-state index is 13.9. The van der Waals surface area contributed by atoms with E-state index >= 15 is 0 Å². The van der Waals surface area contributed by atoms with Crippen LogP contribution in [0.1, 0.15) is 24.0 Å². The summed E-state index contributed by atoms with van der Waals surface area (Å²) < 4.78 is 18.2. The second-order valence-electron chi connectivity index (χ2n) is 10.8. The highest BCUT2D eigenvalue weighted by molar-refractivity contribution is 6.28. The predicted molar refractivity (Wildman–Crippen MR) is 145 cm³/mol. The zero-order valence-corrected chi connectivity index (χ0v) is 22.7. The number of phenolic OH excluding ortho intramolecular Hbond substituents is 1. The Morgan fingerprint density at radius 1 is 1.02 bits per heavy atom. The molecule has 7 N–H and O–H groups in total. The Hall–Kier alpha value is -4.75. The molecule has 1 saturated carbocycles. The molecule has 2 aromatic carbocycles. The van der Waals surface area contributed by atoms with Gasteiger partial charge < -0.3 is 30.9 Å². The lowest BCUT2D eigenvalue weighted by atomic mass is 9.56. The van der Waals surface area contributed by atoms with Crippen LogP contribution in [0.3, 0.4) is 0 Å². The number of fused-ring (bicyclic) bond motifs is 3. The maximum absolute atomic E-state index is 13.9. The number of ether oxygens (including phenoxy) is 1. The molecule has 0 saturated heterocycles. The van der Waals surface area contributed by atoms with Crippen LogP contribution in [0.5, 0.6) is 11.5 Å². The van der Waals surface area contributed by atoms with Gasteiger partial charge in [0.2, 0.25) is 0 Å². The fourth-order valence-electron chi connectivity index (χ4n) is 6.45. The highest BCUT2D eigenvalue weighted by Crippen LogP contribution is 2.55. The van der Waals surface area contributed by atoms with E-state index in [0.29, 0.717) is 5.56 Å². The fourth-order valence-corrected chi connectivity index (χ4v) is 6.45. The van der Waals surface area contributed by atoms with Crippen LogP contribution in [0, 0.1) is 23.6 Å². The van der Waals surface area contributed by atoms with Crippen molar-refractivity contribution in [1.82, 2.24) is 4.90 Å². The second-order valence-corrected chi connectivity index (χ2v) is 10.8. The van der Waals surface area contributed by atoms with Crippen LogP contribution >= 0.6 is 0 Å². The van der Waals surface area contributed by atoms with E-state index in [1.54, 1.807) is 21.0 Å². The van der Waals surface area contributed by atoms with Crippen molar-refractivity contribution in [2.45, 2.75) is 25.0 Å². The number of nitrogens with zero attached hydrogens (tertiary/aromatic N) is 1. The van der Waals surface area contributed by atoms with Gasteiger partial charge >= 0.3 is 6.09 Å². The van der Waals surface area contributed by atoms with Gasteiger partial charge in [-0.05, 0) is 55.9 Å². The van der Waals surface area contributed by atoms with Gasteiger partial charge in [0.15, 0.2) is 11.6 Å². The van der Waals surface area contributed by atoms with E-state index in [4.69, 9.17) is 10.5 Å². The van der Waals surface area contributed by atoms with Gasteiger partial charge in [-0.2, -0.15) is 0 Å². The van der Waals surface area contributed by atoms with Crippen molar-refractivity contribution in [2.24, 2.45) is 23.5 Å². The average Bonchev–Trinajstić information content (AvgIpc) is 2.91. The quantitative estimate of drug-likeness (QED) is 0.177. The maximum Gasteiger partial charge on any atom is 0.417 e. The molecule has 0 aromatic heterocycles. The van der Waals surface area contributed by atoms with Gasteiger partial charge in [-0.15, -0.1) is 0 Å². The number of carbonyl (C=O) groups excluding carboxylic acids is 4. The Morgan fingerprint density at radius 2 is 1.67 bits per heavy atom. The Labute approximate surface area is 238 Å². The summed E-state index contributed by atoms with van der Waals surface area (Å²) in [6.07, 6.45) is -2.49. The van der Waals surface area contributed by atoms with Crippen molar-refractivity contribution in [3.8, 4) is 11.5 Å². The van der Waals surface area contributed by atoms with Gasteiger partial charge in [-0.1, -0.05) is 13.0 Å². The number of aromatic hydroxyl groups is 1. The zero-order chi connectivity index (χ0) is 30.8. The number of amides is 2. The zero-order valence-electron chi connectivity index (χ0n) is 22.7. The summed E-state index contributed by atoms with van der Waals surface area (Å²) in [5, 5.41) is 47.3. The smallest absolute Gasteiger partial charge is 0.417 e. The Bertz CT molecular complexity index is 1600. The van der Waals surface area contributed by atoms with E-state index in [9.17, 15) is 44.0 Å². The molecular formula is C29H28FN3O9. The van der Waals surface area contributed by atoms with Gasteiger partial charge in [0.1, 0.15) is 34.4 Å². The number of nitrogens with two attached hydrogens (primary N) is 1. The van der Waals surface area contributed by atoms with Crippen LogP contribution < -0.4 is 15.8 Å². The number of likely N-dealkylation sites (N-methyl/N-ethyl adjacent to an activating group) is 1. The first-order valence-corrected chi connectivity index (χ1v) is 13.0. The summed E-state index contributed by atoms with van der Waals surface area (Å²) in [6.45, 7) is 1.65. The molecule has 220 valence electrons. The van der Waals surface area contributed by atoms with E-state index in [1.807, 2.05) is 0 Å². The number of aliphatic hydroxyl groups is 3. The minimum absolute atomic E-state index is 0.0210. The van der Waals surface area contributed by atoms with Crippen molar-refractivity contribution in [2.75, 3.05) is 19.4 Å². The molecule has 42 heavy (non-hydrogen) atoms. The molecule has 0 heterocycles. The SMILES string of the molecule is CC1c2ccc(NC(=O)Oc3ccc(F)cc3)c(O)c2C(O)=C2C(=O)C3C(=O)C(C(N)=O)=C(O)C(N(C)C)C3C(O)C21. The first-order chi connectivity index (χ1) is 19.8. The van der Waals surface area contributed by atoms with Crippen LogP contribution in [-0.4, -0.2) is 75.1 Å². The van der Waals surface area contributed by atoms with Crippen molar-refractivity contribution >= 4 is 35.0 Å². The molecule has 6 unspecified atom stereocenters. The lowest BCUT2D eigenvalue weighted by Crippen LogP contribution is -2.61. The van der Waals surface area contributed by atoms with Gasteiger partial charge in [0.05, 0.1) is 29.3 Å². The molecule has 5 rings (SSSR count). The molecule has 6 atom stereocenters. The normalized spacial score (nSPS) is 26.9. The summed E-state index contributed by atoms with van der Waals surface area (Å²) in [5.41, 5.74) is 4.22. The van der Waals surface area contributed by atoms with Gasteiger partial charge in [-0.3, -0.25) is 24.6 Å². The van der Waals surface area contributed by atoms with Gasteiger partial charge in [-0.25, -0.2) is 9.18 Å². The van der Waals surface area contributed by atoms with Crippen molar-refractivity contribution in [3.63, 3.8) is 0 Å². The number of halogens is 1. The van der Waals surface area contributed by atoms with E-state index < -0.39 is 88.0 Å². The second kappa shape index (κ2) is 10.3. The molecule has 0 spiro atoms. The lowest BCUT2D eigenvalue weighted by molar-refractivity contribution is -0.143. The molecule has 0 bridgehead atoms. The number of aliphatic hydroxyl groups excluding tert-OH is 3. The number of rotatable bonds is 4. The number of nitrogens with one attached hydrogen (secondary N) is 1. The van der Waals surface area contributed by atoms with Crippen LogP contribution in [0.25, 0.3) is 5.76 Å². The molecule has 0 radical (unpaired) electrons. The van der Waals surface area contributed by atoms with Gasteiger partial charge in [0, 0.05) is 17.4 Å². The third-order valence-corrected chi connectivity index (χ3v) is 8.25. The number of phenols is 1. The third-order valence-electron chi connectivity index (χ3n) is 8.25. The van der Waals surface area contributed by atoms with Crippen LogP contribution in [0.2, 0.25) is 0 Å². The number of hydrogen-bond donors (Lipinski definition) is 6. The molecule has 2 amide bonds. The highest BCUT2D eigenvalue weighted by atomic mass is 19.1. The number of benzene rings is 2. The van der Waals surface area contributed by atoms with E-state index in [1.165, 1.54) is 29.2 Å². The highest BCUT2D eigenvalue weighted by Gasteiger charge is 2.60. The molecule has 2 aromatic rings. The minimum atomic E-state index is -1.65. The average molecular weight is 582 g/mol. The van der Waals surface area contributed by atoms with Crippen LogP contribution in [0.15, 0.2) is 53.3 Å². The lowest BCUT2D eigenvalue weighted by Gasteiger charge is -2.50. The molecule has 12 nitrogen and oxygen atoms in total. The van der Waals surface area contributed by atoms with E-state index in [-0.39, 0.29) is 22.6 Å². The van der Waals surface area contributed by atoms with Crippen molar-refractivity contribution in [1.29, 1.82) is 0 Å². The monoisotopic (exact) mass is 581 g/mol. The number of Topliss-reactive ketones (excluding diaryl/α,β-unsaturated/α-hetero) is 2. The van der Waals surface area contributed by atoms with Gasteiger partial charge in [0.25, 0.3) is 5.91 Å². The van der Waals surface area contributed by atoms with Crippen LogP contribution in [0.4, 0.5) is 14.9 Å². The molecular weight excluding hydrogens is 553 g/mol. The minimum Gasteiger partial charge on any atom is -0.510 e. The summed E-state index contributed by atoms with van der Waals surface area (Å²) in [6, 6.07) is 6.33. The first kappa shape index (κ1) is 28.8. The number of ketones is 2. The Balaban J connectivity index is 1.57. The molecule has 1 fully saturated rings. The molecule has 3 aliphatic carbocycles. The first-order valence-electron chi connectivity index (χ1n) is 13.0. The summed E-state index contributed by atoms with van der Waals surface area (Å²) in [5.74, 6) is -10.3. The Morgan fingerprint density at radius 3 is 2.26 bits per heavy atom. The summed E-state index contributed by atoms with van der Waals surface area (Å²) >= 11 is 0. The van der Waals surface area contributed by atoms with Crippen molar-refractivity contribution in [3.05, 3.63) is 70.2 Å². The topological polar surface area (TPSA) is 200 Å². The number of primary amides is 1. The Kier molecular flexibility index (Phi) is 7.03. The van der Waals surface area contributed by atoms with Crippen LogP contribution in [-0.2, 0) is 14.4 Å². The summed E-state index contributed by atoms with van der Waals surface area (Å²) in [7, 11) is 3.08. The fraction of sp³-hybridized carbons (Fsp3) is 0.310. The third kappa shape index (κ3) is 4.28.